The van der Waals surface area contributed by atoms with E-state index in [9.17, 15) is 14.7 Å². The van der Waals surface area contributed by atoms with Crippen molar-refractivity contribution < 1.29 is 19.4 Å². The Morgan fingerprint density at radius 1 is 1.16 bits per heavy atom. The molecule has 2 aromatic rings. The van der Waals surface area contributed by atoms with Crippen LogP contribution in [0.3, 0.4) is 0 Å². The molecule has 1 saturated heterocycles. The van der Waals surface area contributed by atoms with Crippen molar-refractivity contribution in [2.45, 2.75) is 77.4 Å². The number of aliphatic hydroxyl groups is 1. The number of fused-ring (bicyclic) bond motifs is 1. The van der Waals surface area contributed by atoms with Crippen LogP contribution in [-0.2, 0) is 9.53 Å². The van der Waals surface area contributed by atoms with Gasteiger partial charge in [0.1, 0.15) is 11.4 Å². The van der Waals surface area contributed by atoms with Gasteiger partial charge in [-0.25, -0.2) is 9.78 Å². The fraction of sp³-hybridized carbons (Fsp3) is 0.607. The maximum atomic E-state index is 12.8. The van der Waals surface area contributed by atoms with Crippen LogP contribution in [0.2, 0.25) is 5.02 Å². The molecule has 2 fully saturated rings. The molecule has 2 heterocycles. The molecule has 1 aliphatic carbocycles. The number of rotatable bonds is 7. The van der Waals surface area contributed by atoms with Gasteiger partial charge in [0.15, 0.2) is 0 Å². The van der Waals surface area contributed by atoms with Crippen LogP contribution in [0.4, 0.5) is 16.3 Å². The molecule has 4 rings (SSSR count). The average molecular weight is 531 g/mol. The van der Waals surface area contributed by atoms with E-state index in [0.717, 1.165) is 42.5 Å². The Morgan fingerprint density at radius 3 is 2.62 bits per heavy atom. The summed E-state index contributed by atoms with van der Waals surface area (Å²) >= 11 is 6.49. The highest BCUT2D eigenvalue weighted by molar-refractivity contribution is 6.35. The predicted molar refractivity (Wildman–Crippen MR) is 147 cm³/mol. The van der Waals surface area contributed by atoms with Crippen LogP contribution in [0.1, 0.15) is 65.7 Å². The van der Waals surface area contributed by atoms with E-state index in [0.29, 0.717) is 29.6 Å². The highest BCUT2D eigenvalue weighted by Crippen LogP contribution is 2.34. The van der Waals surface area contributed by atoms with E-state index in [1.54, 1.807) is 11.0 Å². The molecule has 0 radical (unpaired) electrons. The summed E-state index contributed by atoms with van der Waals surface area (Å²) in [5, 5.41) is 13.9. The molecule has 0 bridgehead atoms. The third kappa shape index (κ3) is 7.05. The van der Waals surface area contributed by atoms with Crippen LogP contribution in [-0.4, -0.2) is 64.9 Å². The highest BCUT2D eigenvalue weighted by Gasteiger charge is 2.33. The molecule has 0 unspecified atom stereocenters. The summed E-state index contributed by atoms with van der Waals surface area (Å²) in [5.41, 5.74) is 0.753. The lowest BCUT2D eigenvalue weighted by atomic mass is 9.87. The zero-order valence-electron chi connectivity index (χ0n) is 22.1. The first-order valence-electron chi connectivity index (χ1n) is 13.4. The first-order valence-corrected chi connectivity index (χ1v) is 13.8. The summed E-state index contributed by atoms with van der Waals surface area (Å²) in [6.45, 7) is 6.92. The van der Waals surface area contributed by atoms with Gasteiger partial charge < -0.3 is 25.0 Å². The number of ether oxygens (including phenoxy) is 1. The topological polar surface area (TPSA) is 95.0 Å². The molecule has 1 aromatic heterocycles. The number of aliphatic hydroxyl groups excluding tert-OH is 1. The summed E-state index contributed by atoms with van der Waals surface area (Å²) in [6.07, 6.45) is 6.75. The van der Waals surface area contributed by atoms with E-state index in [1.165, 1.54) is 19.3 Å². The summed E-state index contributed by atoms with van der Waals surface area (Å²) in [5.74, 6) is 1.24. The second-order valence-electron chi connectivity index (χ2n) is 11.2. The highest BCUT2D eigenvalue weighted by atomic mass is 35.5. The van der Waals surface area contributed by atoms with E-state index in [-0.39, 0.29) is 25.1 Å². The van der Waals surface area contributed by atoms with Gasteiger partial charge in [-0.3, -0.25) is 4.79 Å². The van der Waals surface area contributed by atoms with Gasteiger partial charge in [0.25, 0.3) is 0 Å². The van der Waals surface area contributed by atoms with Crippen LogP contribution in [0.15, 0.2) is 24.3 Å². The molecular formula is C28H39ClN4O4. The summed E-state index contributed by atoms with van der Waals surface area (Å²) in [4.78, 5) is 34.1. The van der Waals surface area contributed by atoms with E-state index < -0.39 is 11.7 Å². The van der Waals surface area contributed by atoms with Crippen LogP contribution >= 0.6 is 11.6 Å². The molecule has 0 spiro atoms. The summed E-state index contributed by atoms with van der Waals surface area (Å²) in [7, 11) is 0. The smallest absolute Gasteiger partial charge is 0.410 e. The number of halogens is 1. The van der Waals surface area contributed by atoms with E-state index in [1.807, 2.05) is 39.0 Å². The molecule has 8 nitrogen and oxygen atoms in total. The normalized spacial score (nSPS) is 18.7. The molecule has 9 heteroatoms. The number of nitrogens with zero attached hydrogens (tertiary/aromatic N) is 3. The van der Waals surface area contributed by atoms with E-state index >= 15 is 0 Å². The Balaban J connectivity index is 1.47. The number of hydrogen-bond donors (Lipinski definition) is 2. The zero-order chi connectivity index (χ0) is 26.6. The maximum Gasteiger partial charge on any atom is 0.410 e. The molecule has 2 N–H and O–H groups in total. The number of carbonyl (C=O) groups is 2. The van der Waals surface area contributed by atoms with Crippen molar-refractivity contribution in [1.82, 2.24) is 9.88 Å². The molecule has 1 saturated carbocycles. The molecule has 1 aliphatic heterocycles. The van der Waals surface area contributed by atoms with Gasteiger partial charge in [-0.05, 0) is 70.2 Å². The van der Waals surface area contributed by atoms with Crippen molar-refractivity contribution in [2.75, 3.05) is 36.5 Å². The second kappa shape index (κ2) is 11.9. The third-order valence-corrected chi connectivity index (χ3v) is 7.48. The number of aromatic nitrogens is 1. The maximum absolute atomic E-state index is 12.8. The second-order valence-corrected chi connectivity index (χ2v) is 11.6. The van der Waals surface area contributed by atoms with Crippen molar-refractivity contribution in [1.29, 1.82) is 0 Å². The lowest BCUT2D eigenvalue weighted by Crippen LogP contribution is -2.46. The van der Waals surface area contributed by atoms with Crippen LogP contribution in [0, 0.1) is 5.92 Å². The summed E-state index contributed by atoms with van der Waals surface area (Å²) < 4.78 is 5.56. The molecule has 37 heavy (non-hydrogen) atoms. The molecule has 1 aromatic carbocycles. The Bertz CT molecular complexity index is 1110. The Morgan fingerprint density at radius 2 is 1.92 bits per heavy atom. The van der Waals surface area contributed by atoms with Crippen molar-refractivity contribution in [3.8, 4) is 0 Å². The van der Waals surface area contributed by atoms with Crippen molar-refractivity contribution >= 4 is 46.0 Å². The number of hydrogen-bond acceptors (Lipinski definition) is 6. The number of pyridine rings is 1. The largest absolute Gasteiger partial charge is 0.444 e. The average Bonchev–Trinajstić information content (AvgIpc) is 3.33. The monoisotopic (exact) mass is 530 g/mol. The van der Waals surface area contributed by atoms with Crippen LogP contribution in [0.5, 0.6) is 0 Å². The first-order chi connectivity index (χ1) is 17.6. The Labute approximate surface area is 224 Å². The van der Waals surface area contributed by atoms with Gasteiger partial charge in [-0.1, -0.05) is 30.9 Å². The summed E-state index contributed by atoms with van der Waals surface area (Å²) in [6, 6.07) is 7.44. The number of amides is 2. The molecular weight excluding hydrogens is 492 g/mol. The predicted octanol–water partition coefficient (Wildman–Crippen LogP) is 5.61. The minimum absolute atomic E-state index is 0.00104. The molecule has 2 amide bonds. The van der Waals surface area contributed by atoms with Gasteiger partial charge >= 0.3 is 6.09 Å². The minimum atomic E-state index is -0.603. The van der Waals surface area contributed by atoms with Gasteiger partial charge in [-0.15, -0.1) is 0 Å². The number of benzene rings is 1. The van der Waals surface area contributed by atoms with Crippen molar-refractivity contribution in [2.24, 2.45) is 5.92 Å². The van der Waals surface area contributed by atoms with E-state index in [4.69, 9.17) is 21.3 Å². The lowest BCUT2D eigenvalue weighted by Gasteiger charge is -2.31. The standard InChI is InChI=1S/C28H39ClN4O4/c1-28(2,3)37-27(36)33(15-16-34)20-13-14-32(18-20)24-12-9-21-23(30-24)11-10-22(29)26(21)31-25(35)17-19-7-5-4-6-8-19/h9-12,19-20,34H,4-8,13-18H2,1-3H3,(H,31,35)/t20-/m0/s1. The van der Waals surface area contributed by atoms with Crippen LogP contribution < -0.4 is 10.2 Å². The Kier molecular flexibility index (Phi) is 8.80. The molecule has 202 valence electrons. The third-order valence-electron chi connectivity index (χ3n) is 7.17. The lowest BCUT2D eigenvalue weighted by molar-refractivity contribution is -0.117. The fourth-order valence-corrected chi connectivity index (χ4v) is 5.58. The first kappa shape index (κ1) is 27.5. The SMILES string of the molecule is CC(C)(C)OC(=O)N(CCO)[C@H]1CCN(c2ccc3c(NC(=O)CC4CCCCC4)c(Cl)ccc3n2)C1. The number of carbonyl (C=O) groups excluding carboxylic acids is 2. The molecule has 1 atom stereocenters. The van der Waals surface area contributed by atoms with Gasteiger partial charge in [0.05, 0.1) is 28.9 Å². The van der Waals surface area contributed by atoms with Crippen LogP contribution in [0.25, 0.3) is 10.9 Å². The number of anilines is 2. The van der Waals surface area contributed by atoms with Gasteiger partial charge in [0, 0.05) is 31.4 Å². The van der Waals surface area contributed by atoms with Gasteiger partial charge in [-0.2, -0.15) is 0 Å². The number of nitrogens with one attached hydrogen (secondary N) is 1. The zero-order valence-corrected chi connectivity index (χ0v) is 22.9. The minimum Gasteiger partial charge on any atom is -0.444 e. The van der Waals surface area contributed by atoms with Crippen molar-refractivity contribution in [3.63, 3.8) is 0 Å². The van der Waals surface area contributed by atoms with Crippen molar-refractivity contribution in [3.05, 3.63) is 29.3 Å². The van der Waals surface area contributed by atoms with Gasteiger partial charge in [0.2, 0.25) is 5.91 Å². The quantitative estimate of drug-likeness (QED) is 0.483. The van der Waals surface area contributed by atoms with E-state index in [2.05, 4.69) is 10.2 Å². The Hall–Kier alpha value is -2.58. The fourth-order valence-electron chi connectivity index (χ4n) is 5.37. The molecule has 2 aliphatic rings.